The molecule has 0 saturated heterocycles. The van der Waals surface area contributed by atoms with Crippen LogP contribution < -0.4 is 5.32 Å². The summed E-state index contributed by atoms with van der Waals surface area (Å²) in [5, 5.41) is 3.02. The van der Waals surface area contributed by atoms with Crippen molar-refractivity contribution in [1.82, 2.24) is 5.32 Å². The molecule has 0 atom stereocenters. The molecule has 112 valence electrons. The molecule has 0 aliphatic heterocycles. The van der Waals surface area contributed by atoms with E-state index in [0.717, 1.165) is 18.9 Å². The molecule has 0 aromatic heterocycles. The van der Waals surface area contributed by atoms with Gasteiger partial charge in [0.1, 0.15) is 11.6 Å². The predicted molar refractivity (Wildman–Crippen MR) is 81.1 cm³/mol. The average molecular weight is 330 g/mol. The minimum absolute atomic E-state index is 0.0145. The highest BCUT2D eigenvalue weighted by Gasteiger charge is 2.23. The van der Waals surface area contributed by atoms with Gasteiger partial charge in [-0.2, -0.15) is 0 Å². The number of hydrogen-bond acceptors (Lipinski definition) is 3. The smallest absolute Gasteiger partial charge is 0.199 e. The van der Waals surface area contributed by atoms with Crippen molar-refractivity contribution in [2.24, 2.45) is 0 Å². The van der Waals surface area contributed by atoms with Gasteiger partial charge in [-0.25, -0.2) is 4.39 Å². The monoisotopic (exact) mass is 329 g/mol. The van der Waals surface area contributed by atoms with Gasteiger partial charge in [0.2, 0.25) is 0 Å². The normalized spacial score (nSPS) is 14.8. The molecule has 6 heteroatoms. The molecular formula is C15H14Cl2FNO2. The number of hydrogen-bond donors (Lipinski definition) is 1. The first-order valence-corrected chi connectivity index (χ1v) is 7.08. The van der Waals surface area contributed by atoms with Crippen molar-refractivity contribution < 1.29 is 13.9 Å². The summed E-state index contributed by atoms with van der Waals surface area (Å²) >= 11 is 11.6. The van der Waals surface area contributed by atoms with Gasteiger partial charge in [0.15, 0.2) is 5.78 Å². The molecule has 1 aliphatic rings. The lowest BCUT2D eigenvalue weighted by atomic mass is 10.0. The molecule has 1 aliphatic carbocycles. The van der Waals surface area contributed by atoms with Gasteiger partial charge in [-0.05, 0) is 25.0 Å². The van der Waals surface area contributed by atoms with Gasteiger partial charge in [-0.15, -0.1) is 0 Å². The predicted octanol–water partition coefficient (Wildman–Crippen LogP) is 4.11. The highest BCUT2D eigenvalue weighted by atomic mass is 35.5. The molecule has 2 rings (SSSR count). The molecule has 1 saturated carbocycles. The summed E-state index contributed by atoms with van der Waals surface area (Å²) in [7, 11) is 1.41. The SMILES string of the molecule is C=C(OC)C(=CNC1CC1)C(=O)c1cc(F)c(Cl)cc1Cl. The lowest BCUT2D eigenvalue weighted by molar-refractivity contribution is 0.102. The summed E-state index contributed by atoms with van der Waals surface area (Å²) in [5.41, 5.74) is 0.216. The van der Waals surface area contributed by atoms with Gasteiger partial charge in [0.25, 0.3) is 0 Å². The van der Waals surface area contributed by atoms with E-state index in [1.54, 1.807) is 0 Å². The minimum Gasteiger partial charge on any atom is -0.497 e. The zero-order chi connectivity index (χ0) is 15.6. The van der Waals surface area contributed by atoms with E-state index in [2.05, 4.69) is 11.9 Å². The molecule has 3 nitrogen and oxygen atoms in total. The number of allylic oxidation sites excluding steroid dienone is 1. The number of ether oxygens (including phenoxy) is 1. The van der Waals surface area contributed by atoms with Gasteiger partial charge in [0, 0.05) is 17.8 Å². The topological polar surface area (TPSA) is 38.3 Å². The van der Waals surface area contributed by atoms with Crippen LogP contribution in [-0.4, -0.2) is 18.9 Å². The quantitative estimate of drug-likeness (QED) is 0.280. The van der Waals surface area contributed by atoms with Gasteiger partial charge < -0.3 is 10.1 Å². The molecule has 21 heavy (non-hydrogen) atoms. The van der Waals surface area contributed by atoms with Crippen LogP contribution in [0, 0.1) is 5.82 Å². The van der Waals surface area contributed by atoms with Crippen LogP contribution in [0.2, 0.25) is 10.0 Å². The maximum atomic E-state index is 13.6. The van der Waals surface area contributed by atoms with Crippen molar-refractivity contribution in [3.05, 3.63) is 57.7 Å². The first kappa shape index (κ1) is 15.9. The highest BCUT2D eigenvalue weighted by Crippen LogP contribution is 2.28. The van der Waals surface area contributed by atoms with Crippen LogP contribution in [0.25, 0.3) is 0 Å². The van der Waals surface area contributed by atoms with Gasteiger partial charge >= 0.3 is 0 Å². The van der Waals surface area contributed by atoms with Gasteiger partial charge in [-0.3, -0.25) is 4.79 Å². The summed E-state index contributed by atoms with van der Waals surface area (Å²) in [6.07, 6.45) is 3.64. The molecule has 0 bridgehead atoms. The number of Topliss-reactive ketones (excluding diaryl/α,β-unsaturated/α-hetero) is 1. The fraction of sp³-hybridized carbons (Fsp3) is 0.267. The van der Waals surface area contributed by atoms with E-state index in [1.807, 2.05) is 0 Å². The fourth-order valence-electron chi connectivity index (χ4n) is 1.68. The Hall–Kier alpha value is -1.52. The molecule has 0 spiro atoms. The Labute approximate surface area is 132 Å². The van der Waals surface area contributed by atoms with Crippen LogP contribution >= 0.6 is 23.2 Å². The third-order valence-corrected chi connectivity index (χ3v) is 3.69. The summed E-state index contributed by atoms with van der Waals surface area (Å²) < 4.78 is 18.6. The third-order valence-electron chi connectivity index (χ3n) is 3.09. The van der Waals surface area contributed by atoms with Gasteiger partial charge in [0.05, 0.1) is 22.7 Å². The van der Waals surface area contributed by atoms with Crippen molar-refractivity contribution >= 4 is 29.0 Å². The van der Waals surface area contributed by atoms with E-state index in [4.69, 9.17) is 27.9 Å². The number of rotatable bonds is 6. The van der Waals surface area contributed by atoms with Crippen molar-refractivity contribution in [1.29, 1.82) is 0 Å². The van der Waals surface area contributed by atoms with Crippen LogP contribution in [0.15, 0.2) is 36.2 Å². The van der Waals surface area contributed by atoms with E-state index in [9.17, 15) is 9.18 Å². The van der Waals surface area contributed by atoms with Crippen LogP contribution in [0.1, 0.15) is 23.2 Å². The second-order valence-corrected chi connectivity index (χ2v) is 5.52. The Balaban J connectivity index is 2.35. The van der Waals surface area contributed by atoms with Crippen molar-refractivity contribution in [2.45, 2.75) is 18.9 Å². The van der Waals surface area contributed by atoms with E-state index in [-0.39, 0.29) is 26.9 Å². The Bertz CT molecular complexity index is 624. The molecule has 0 unspecified atom stereocenters. The number of halogens is 3. The van der Waals surface area contributed by atoms with Crippen LogP contribution in [0.4, 0.5) is 4.39 Å². The number of carbonyl (C=O) groups excluding carboxylic acids is 1. The minimum atomic E-state index is -0.707. The van der Waals surface area contributed by atoms with Gasteiger partial charge in [-0.1, -0.05) is 29.8 Å². The largest absolute Gasteiger partial charge is 0.497 e. The summed E-state index contributed by atoms with van der Waals surface area (Å²) in [6.45, 7) is 3.67. The third kappa shape index (κ3) is 3.77. The zero-order valence-electron chi connectivity index (χ0n) is 11.4. The number of nitrogens with one attached hydrogen (secondary N) is 1. The van der Waals surface area contributed by atoms with Crippen LogP contribution in [0.3, 0.4) is 0 Å². The molecular weight excluding hydrogens is 316 g/mol. The lowest BCUT2D eigenvalue weighted by Gasteiger charge is -2.11. The van der Waals surface area contributed by atoms with Crippen LogP contribution in [-0.2, 0) is 4.74 Å². The van der Waals surface area contributed by atoms with E-state index in [1.165, 1.54) is 19.4 Å². The molecule has 0 radical (unpaired) electrons. The number of ketones is 1. The molecule has 1 N–H and O–H groups in total. The lowest BCUT2D eigenvalue weighted by Crippen LogP contribution is -2.15. The average Bonchev–Trinajstić information content (AvgIpc) is 3.26. The molecule has 0 amide bonds. The first-order chi connectivity index (χ1) is 9.93. The number of benzene rings is 1. The Kier molecular flexibility index (Phi) is 4.91. The summed E-state index contributed by atoms with van der Waals surface area (Å²) in [5.74, 6) is -1.00. The van der Waals surface area contributed by atoms with E-state index >= 15 is 0 Å². The molecule has 1 fully saturated rings. The zero-order valence-corrected chi connectivity index (χ0v) is 12.9. The van der Waals surface area contributed by atoms with Crippen molar-refractivity contribution in [3.8, 4) is 0 Å². The maximum Gasteiger partial charge on any atom is 0.199 e. The molecule has 1 aromatic rings. The summed E-state index contributed by atoms with van der Waals surface area (Å²) in [6, 6.07) is 2.57. The second-order valence-electron chi connectivity index (χ2n) is 4.70. The second kappa shape index (κ2) is 6.50. The summed E-state index contributed by atoms with van der Waals surface area (Å²) in [4.78, 5) is 12.5. The molecule has 0 heterocycles. The van der Waals surface area contributed by atoms with Crippen molar-refractivity contribution in [3.63, 3.8) is 0 Å². The standard InChI is InChI=1S/C15H14Cl2FNO2/c1-8(21-2)11(7-19-9-3-4-9)15(20)10-5-14(18)13(17)6-12(10)16/h5-7,9,19H,1,3-4H2,2H3. The number of methoxy groups -OCH3 is 1. The maximum absolute atomic E-state index is 13.6. The number of carbonyl (C=O) groups is 1. The Morgan fingerprint density at radius 3 is 2.67 bits per heavy atom. The Morgan fingerprint density at radius 2 is 2.10 bits per heavy atom. The Morgan fingerprint density at radius 1 is 1.43 bits per heavy atom. The van der Waals surface area contributed by atoms with Crippen LogP contribution in [0.5, 0.6) is 0 Å². The van der Waals surface area contributed by atoms with Crippen molar-refractivity contribution in [2.75, 3.05) is 7.11 Å². The first-order valence-electron chi connectivity index (χ1n) is 6.32. The molecule has 1 aromatic carbocycles. The van der Waals surface area contributed by atoms with E-state index in [0.29, 0.717) is 6.04 Å². The highest BCUT2D eigenvalue weighted by molar-refractivity contribution is 6.37. The van der Waals surface area contributed by atoms with E-state index < -0.39 is 11.6 Å². The fourth-order valence-corrected chi connectivity index (χ4v) is 2.14.